The van der Waals surface area contributed by atoms with Gasteiger partial charge in [-0.3, -0.25) is 4.79 Å². The summed E-state index contributed by atoms with van der Waals surface area (Å²) >= 11 is 3.13. The summed E-state index contributed by atoms with van der Waals surface area (Å²) in [6.45, 7) is 3.69. The van der Waals surface area contributed by atoms with Crippen LogP contribution >= 0.6 is 23.1 Å². The topological polar surface area (TPSA) is 121 Å². The second kappa shape index (κ2) is 9.00. The zero-order valence-corrected chi connectivity index (χ0v) is 20.6. The van der Waals surface area contributed by atoms with E-state index in [2.05, 4.69) is 19.5 Å². The number of carbonyl (C=O) groups excluding carboxylic acids is 1. The summed E-state index contributed by atoms with van der Waals surface area (Å²) in [7, 11) is 0. The first-order valence-corrected chi connectivity index (χ1v) is 13.0. The van der Waals surface area contributed by atoms with Crippen molar-refractivity contribution in [1.82, 2.24) is 29.4 Å². The molecule has 6 rings (SSSR count). The molecule has 4 aromatic rings. The number of ether oxygens (including phenoxy) is 2. The van der Waals surface area contributed by atoms with Crippen LogP contribution in [0.3, 0.4) is 0 Å². The molecule has 0 aliphatic carbocycles. The molecule has 0 spiro atoms. The van der Waals surface area contributed by atoms with Gasteiger partial charge in [-0.05, 0) is 38.3 Å². The zero-order valence-electron chi connectivity index (χ0n) is 19.0. The quantitative estimate of drug-likeness (QED) is 0.371. The average molecular weight is 510 g/mol. The van der Waals surface area contributed by atoms with E-state index in [1.54, 1.807) is 11.3 Å². The Morgan fingerprint density at radius 3 is 2.91 bits per heavy atom. The monoisotopic (exact) mass is 509 g/mol. The molecule has 12 heteroatoms. The lowest BCUT2D eigenvalue weighted by atomic mass is 10.1. The number of likely N-dealkylation sites (tertiary alicyclic amines) is 1. The van der Waals surface area contributed by atoms with Crippen LogP contribution in [0.4, 0.5) is 5.82 Å². The first kappa shape index (κ1) is 22.1. The predicted octanol–water partition coefficient (Wildman–Crippen LogP) is 3.73. The fraction of sp³-hybridized carbons (Fsp3) is 0.348. The highest BCUT2D eigenvalue weighted by molar-refractivity contribution is 7.99. The normalized spacial score (nSPS) is 16.9. The highest BCUT2D eigenvalue weighted by Crippen LogP contribution is 2.45. The van der Waals surface area contributed by atoms with Gasteiger partial charge in [0.25, 0.3) is 0 Å². The van der Waals surface area contributed by atoms with E-state index >= 15 is 0 Å². The summed E-state index contributed by atoms with van der Waals surface area (Å²) in [5.74, 6) is 1.74. The van der Waals surface area contributed by atoms with Gasteiger partial charge in [0, 0.05) is 40.7 Å². The number of thiazole rings is 1. The number of fused-ring (bicyclic) bond motifs is 2. The highest BCUT2D eigenvalue weighted by atomic mass is 32.2. The van der Waals surface area contributed by atoms with E-state index in [4.69, 9.17) is 20.2 Å². The van der Waals surface area contributed by atoms with Gasteiger partial charge in [0.2, 0.25) is 13.2 Å². The first-order chi connectivity index (χ1) is 17.1. The summed E-state index contributed by atoms with van der Waals surface area (Å²) in [6.07, 6.45) is 7.11. The molecule has 5 heterocycles. The molecular formula is C23H23N7O3S2. The first-order valence-electron chi connectivity index (χ1n) is 11.3. The molecule has 180 valence electrons. The third-order valence-corrected chi connectivity index (χ3v) is 8.29. The van der Waals surface area contributed by atoms with E-state index in [0.29, 0.717) is 35.0 Å². The Balaban J connectivity index is 1.41. The van der Waals surface area contributed by atoms with Crippen molar-refractivity contribution in [2.75, 3.05) is 19.1 Å². The molecule has 1 atom stereocenters. The molecule has 1 fully saturated rings. The summed E-state index contributed by atoms with van der Waals surface area (Å²) in [4.78, 5) is 33.5. The number of aryl methyl sites for hydroxylation is 2. The van der Waals surface area contributed by atoms with E-state index in [9.17, 15) is 4.79 Å². The minimum atomic E-state index is 0.193. The van der Waals surface area contributed by atoms with Gasteiger partial charge in [-0.1, -0.05) is 11.8 Å². The van der Waals surface area contributed by atoms with Gasteiger partial charge in [0.05, 0.1) is 0 Å². The van der Waals surface area contributed by atoms with E-state index in [0.717, 1.165) is 57.7 Å². The average Bonchev–Trinajstić information content (AvgIpc) is 3.64. The molecule has 0 radical (unpaired) electrons. The van der Waals surface area contributed by atoms with Crippen molar-refractivity contribution in [3.05, 3.63) is 29.5 Å². The lowest BCUT2D eigenvalue weighted by Crippen LogP contribution is -2.28. The van der Waals surface area contributed by atoms with Crippen LogP contribution in [-0.2, 0) is 11.3 Å². The molecular weight excluding hydrogens is 486 g/mol. The molecule has 0 bridgehead atoms. The van der Waals surface area contributed by atoms with Crippen molar-refractivity contribution in [1.29, 1.82) is 0 Å². The second-order valence-electron chi connectivity index (χ2n) is 8.48. The van der Waals surface area contributed by atoms with Crippen LogP contribution in [0, 0.1) is 6.92 Å². The predicted molar refractivity (Wildman–Crippen MR) is 133 cm³/mol. The van der Waals surface area contributed by atoms with E-state index in [1.165, 1.54) is 18.1 Å². The van der Waals surface area contributed by atoms with Crippen LogP contribution in [0.15, 0.2) is 34.7 Å². The SMILES string of the molecule is Cc1cnc(-c2cc3c(cc2Sc2nc4c(N)ncnc4n2CCC2CCCN2C=O)OCO3)s1. The maximum Gasteiger partial charge on any atom is 0.231 e. The van der Waals surface area contributed by atoms with Gasteiger partial charge >= 0.3 is 0 Å². The van der Waals surface area contributed by atoms with Gasteiger partial charge in [-0.25, -0.2) is 19.9 Å². The molecule has 3 aromatic heterocycles. The molecule has 2 aliphatic rings. The molecule has 1 saturated heterocycles. The van der Waals surface area contributed by atoms with Crippen LogP contribution in [0.1, 0.15) is 24.1 Å². The fourth-order valence-corrected chi connectivity index (χ4v) is 6.46. The van der Waals surface area contributed by atoms with Crippen molar-refractivity contribution in [2.24, 2.45) is 0 Å². The highest BCUT2D eigenvalue weighted by Gasteiger charge is 2.26. The van der Waals surface area contributed by atoms with Gasteiger partial charge in [0.15, 0.2) is 33.6 Å². The molecule has 10 nitrogen and oxygen atoms in total. The van der Waals surface area contributed by atoms with Crippen LogP contribution in [0.5, 0.6) is 11.5 Å². The van der Waals surface area contributed by atoms with Crippen molar-refractivity contribution < 1.29 is 14.3 Å². The number of anilines is 1. The van der Waals surface area contributed by atoms with Gasteiger partial charge in [-0.2, -0.15) is 0 Å². The molecule has 0 saturated carbocycles. The molecule has 1 amide bonds. The third kappa shape index (κ3) is 4.06. The zero-order chi connectivity index (χ0) is 23.9. The number of nitrogens with zero attached hydrogens (tertiary/aromatic N) is 6. The Morgan fingerprint density at radius 2 is 2.11 bits per heavy atom. The maximum atomic E-state index is 11.4. The Kier molecular flexibility index (Phi) is 5.69. The van der Waals surface area contributed by atoms with Gasteiger partial charge < -0.3 is 24.7 Å². The number of rotatable bonds is 7. The molecule has 2 aliphatic heterocycles. The molecule has 1 aromatic carbocycles. The Hall–Kier alpha value is -3.38. The van der Waals surface area contributed by atoms with Crippen molar-refractivity contribution in [3.63, 3.8) is 0 Å². The van der Waals surface area contributed by atoms with Crippen LogP contribution in [0.2, 0.25) is 0 Å². The second-order valence-corrected chi connectivity index (χ2v) is 10.7. The lowest BCUT2D eigenvalue weighted by molar-refractivity contribution is -0.118. The Labute approximate surface area is 209 Å². The minimum Gasteiger partial charge on any atom is -0.454 e. The third-order valence-electron chi connectivity index (χ3n) is 6.30. The number of nitrogens with two attached hydrogens (primary N) is 1. The number of imidazole rings is 1. The molecule has 1 unspecified atom stereocenters. The van der Waals surface area contributed by atoms with E-state index in [-0.39, 0.29) is 12.8 Å². The molecule has 35 heavy (non-hydrogen) atoms. The largest absolute Gasteiger partial charge is 0.454 e. The van der Waals surface area contributed by atoms with Crippen molar-refractivity contribution >= 4 is 46.5 Å². The number of carbonyl (C=O) groups is 1. The number of hydrogen-bond acceptors (Lipinski definition) is 10. The summed E-state index contributed by atoms with van der Waals surface area (Å²) in [6, 6.07) is 4.16. The standard InChI is InChI=1S/C23H23N7O3S2/c1-13-9-25-22(34-13)15-7-16-17(33-12-32-16)8-18(15)35-23-28-19-20(24)26-10-27-21(19)30(23)6-4-14-3-2-5-29(14)11-31/h7-11,14H,2-6,12H2,1H3,(H2,24,26,27). The Morgan fingerprint density at radius 1 is 1.26 bits per heavy atom. The fourth-order valence-electron chi connectivity index (χ4n) is 4.55. The number of aromatic nitrogens is 5. The number of amides is 1. The number of nitrogen functional groups attached to an aromatic ring is 1. The maximum absolute atomic E-state index is 11.4. The lowest BCUT2D eigenvalue weighted by Gasteiger charge is -2.20. The summed E-state index contributed by atoms with van der Waals surface area (Å²) in [5, 5.41) is 1.65. The number of hydrogen-bond donors (Lipinski definition) is 1. The smallest absolute Gasteiger partial charge is 0.231 e. The van der Waals surface area contributed by atoms with E-state index < -0.39 is 0 Å². The van der Waals surface area contributed by atoms with Crippen LogP contribution in [0.25, 0.3) is 21.7 Å². The van der Waals surface area contributed by atoms with E-state index in [1.807, 2.05) is 30.2 Å². The van der Waals surface area contributed by atoms with Crippen molar-refractivity contribution in [2.45, 2.75) is 48.8 Å². The van der Waals surface area contributed by atoms with Gasteiger partial charge in [-0.15, -0.1) is 11.3 Å². The summed E-state index contributed by atoms with van der Waals surface area (Å²) < 4.78 is 13.4. The molecule has 2 N–H and O–H groups in total. The minimum absolute atomic E-state index is 0.193. The van der Waals surface area contributed by atoms with Crippen LogP contribution < -0.4 is 15.2 Å². The summed E-state index contributed by atoms with van der Waals surface area (Å²) in [5.41, 5.74) is 8.37. The van der Waals surface area contributed by atoms with Crippen molar-refractivity contribution in [3.8, 4) is 22.1 Å². The number of benzene rings is 1. The Bertz CT molecular complexity index is 1420. The van der Waals surface area contributed by atoms with Crippen LogP contribution in [-0.4, -0.2) is 55.2 Å². The van der Waals surface area contributed by atoms with Gasteiger partial charge in [0.1, 0.15) is 11.3 Å².